The van der Waals surface area contributed by atoms with Crippen molar-refractivity contribution < 1.29 is 9.84 Å². The zero-order chi connectivity index (χ0) is 7.73. The van der Waals surface area contributed by atoms with E-state index >= 15 is 0 Å². The molecule has 3 nitrogen and oxygen atoms in total. The van der Waals surface area contributed by atoms with E-state index < -0.39 is 0 Å². The maximum Gasteiger partial charge on any atom is 0.0682 e. The summed E-state index contributed by atoms with van der Waals surface area (Å²) in [5, 5.41) is 12.7. The number of aliphatic hydroxyl groups excluding tert-OH is 1. The molecule has 0 saturated carbocycles. The van der Waals surface area contributed by atoms with Crippen molar-refractivity contribution in [3.63, 3.8) is 0 Å². The minimum absolute atomic E-state index is 0.131. The lowest BCUT2D eigenvalue weighted by molar-refractivity contribution is 0.0410. The van der Waals surface area contributed by atoms with Crippen molar-refractivity contribution in [1.29, 1.82) is 0 Å². The van der Waals surface area contributed by atoms with E-state index in [0.717, 1.165) is 39.0 Å². The van der Waals surface area contributed by atoms with E-state index in [2.05, 4.69) is 5.32 Å². The van der Waals surface area contributed by atoms with E-state index in [4.69, 9.17) is 4.74 Å². The molecule has 0 radical (unpaired) electrons. The summed E-state index contributed by atoms with van der Waals surface area (Å²) in [6.45, 7) is 2.46. The Hall–Kier alpha value is -0.120. The summed E-state index contributed by atoms with van der Waals surface area (Å²) in [7, 11) is 0. The van der Waals surface area contributed by atoms with E-state index in [-0.39, 0.29) is 11.6 Å². The Labute approximate surface area is 66.7 Å². The fraction of sp³-hybridized carbons (Fsp3) is 1.00. The van der Waals surface area contributed by atoms with Crippen molar-refractivity contribution in [1.82, 2.24) is 5.32 Å². The zero-order valence-electron chi connectivity index (χ0n) is 6.68. The molecule has 0 aliphatic carbocycles. The van der Waals surface area contributed by atoms with Crippen molar-refractivity contribution in [3.8, 4) is 0 Å². The van der Waals surface area contributed by atoms with E-state index in [9.17, 15) is 5.11 Å². The van der Waals surface area contributed by atoms with Crippen LogP contribution in [0.15, 0.2) is 0 Å². The molecule has 2 rings (SSSR count). The van der Waals surface area contributed by atoms with Gasteiger partial charge in [-0.1, -0.05) is 0 Å². The van der Waals surface area contributed by atoms with Crippen LogP contribution in [-0.4, -0.2) is 36.5 Å². The average Bonchev–Trinajstić information content (AvgIpc) is 2.34. The Morgan fingerprint density at radius 2 is 2.09 bits per heavy atom. The normalized spacial score (nSPS) is 36.3. The smallest absolute Gasteiger partial charge is 0.0682 e. The van der Waals surface area contributed by atoms with Gasteiger partial charge in [-0.2, -0.15) is 0 Å². The molecule has 2 N–H and O–H groups in total. The highest BCUT2D eigenvalue weighted by Gasteiger charge is 2.38. The first-order valence-electron chi connectivity index (χ1n) is 4.32. The van der Waals surface area contributed by atoms with Crippen LogP contribution in [0.4, 0.5) is 0 Å². The van der Waals surface area contributed by atoms with E-state index in [1.54, 1.807) is 0 Å². The van der Waals surface area contributed by atoms with Crippen LogP contribution in [0.1, 0.15) is 19.3 Å². The largest absolute Gasteiger partial charge is 0.392 e. The van der Waals surface area contributed by atoms with Gasteiger partial charge in [0.15, 0.2) is 0 Å². The highest BCUT2D eigenvalue weighted by molar-refractivity contribution is 4.97. The molecule has 3 heteroatoms. The van der Waals surface area contributed by atoms with Crippen molar-refractivity contribution >= 4 is 0 Å². The second-order valence-electron chi connectivity index (χ2n) is 3.63. The minimum atomic E-state index is -0.131. The fourth-order valence-corrected chi connectivity index (χ4v) is 2.07. The molecule has 0 aromatic carbocycles. The first kappa shape index (κ1) is 7.53. The van der Waals surface area contributed by atoms with Gasteiger partial charge >= 0.3 is 0 Å². The Morgan fingerprint density at radius 1 is 1.36 bits per heavy atom. The highest BCUT2D eigenvalue weighted by atomic mass is 16.5. The molecular weight excluding hydrogens is 142 g/mol. The first-order chi connectivity index (χ1) is 5.31. The number of rotatable bonds is 0. The lowest BCUT2D eigenvalue weighted by Crippen LogP contribution is -2.44. The van der Waals surface area contributed by atoms with Crippen molar-refractivity contribution in [2.45, 2.75) is 30.9 Å². The predicted octanol–water partition coefficient (Wildman–Crippen LogP) is -0.110. The second-order valence-corrected chi connectivity index (χ2v) is 3.63. The van der Waals surface area contributed by atoms with Gasteiger partial charge in [0.1, 0.15) is 0 Å². The molecule has 1 unspecified atom stereocenters. The summed E-state index contributed by atoms with van der Waals surface area (Å²) < 4.78 is 5.27. The fourth-order valence-electron chi connectivity index (χ4n) is 2.07. The molecular formula is C8H15NO2. The van der Waals surface area contributed by atoms with Crippen molar-refractivity contribution in [2.75, 3.05) is 19.8 Å². The molecule has 2 aliphatic heterocycles. The summed E-state index contributed by atoms with van der Waals surface area (Å²) >= 11 is 0. The molecule has 0 aromatic heterocycles. The lowest BCUT2D eigenvalue weighted by atomic mass is 9.88. The summed E-state index contributed by atoms with van der Waals surface area (Å²) in [6.07, 6.45) is 2.90. The van der Waals surface area contributed by atoms with Crippen LogP contribution in [0.3, 0.4) is 0 Å². The van der Waals surface area contributed by atoms with Gasteiger partial charge in [0.2, 0.25) is 0 Å². The Morgan fingerprint density at radius 3 is 2.64 bits per heavy atom. The van der Waals surface area contributed by atoms with Gasteiger partial charge in [-0.25, -0.2) is 0 Å². The lowest BCUT2D eigenvalue weighted by Gasteiger charge is -2.33. The number of nitrogens with one attached hydrogen (secondary N) is 1. The third-order valence-electron chi connectivity index (χ3n) is 2.79. The molecule has 0 bridgehead atoms. The van der Waals surface area contributed by atoms with Gasteiger partial charge < -0.3 is 15.2 Å². The Balaban J connectivity index is 1.98. The van der Waals surface area contributed by atoms with Crippen LogP contribution in [0, 0.1) is 0 Å². The molecule has 0 amide bonds. The molecule has 2 saturated heterocycles. The molecule has 2 aliphatic rings. The van der Waals surface area contributed by atoms with Crippen LogP contribution in [0.25, 0.3) is 0 Å². The number of aliphatic hydroxyl groups is 1. The number of ether oxygens (including phenoxy) is 1. The molecule has 11 heavy (non-hydrogen) atoms. The standard InChI is InChI=1S/C8H15NO2/c10-7-5-8(9-6-7)1-3-11-4-2-8/h7,9-10H,1-6H2. The summed E-state index contributed by atoms with van der Waals surface area (Å²) in [5.74, 6) is 0. The van der Waals surface area contributed by atoms with Crippen molar-refractivity contribution in [2.24, 2.45) is 0 Å². The SMILES string of the molecule is OC1CNC2(CCOCC2)C1. The van der Waals surface area contributed by atoms with Gasteiger partial charge in [0.25, 0.3) is 0 Å². The topological polar surface area (TPSA) is 41.5 Å². The van der Waals surface area contributed by atoms with E-state index in [1.807, 2.05) is 0 Å². The van der Waals surface area contributed by atoms with Gasteiger partial charge in [0, 0.05) is 25.3 Å². The van der Waals surface area contributed by atoms with Gasteiger partial charge in [-0.15, -0.1) is 0 Å². The Kier molecular flexibility index (Phi) is 1.87. The zero-order valence-corrected chi connectivity index (χ0v) is 6.68. The highest BCUT2D eigenvalue weighted by Crippen LogP contribution is 2.29. The van der Waals surface area contributed by atoms with Crippen LogP contribution in [0.5, 0.6) is 0 Å². The van der Waals surface area contributed by atoms with Gasteiger partial charge in [-0.05, 0) is 19.3 Å². The average molecular weight is 157 g/mol. The molecule has 0 aromatic rings. The third kappa shape index (κ3) is 1.41. The maximum atomic E-state index is 9.34. The van der Waals surface area contributed by atoms with Crippen LogP contribution in [0.2, 0.25) is 0 Å². The third-order valence-corrected chi connectivity index (χ3v) is 2.79. The van der Waals surface area contributed by atoms with E-state index in [0.29, 0.717) is 0 Å². The van der Waals surface area contributed by atoms with Crippen LogP contribution >= 0.6 is 0 Å². The van der Waals surface area contributed by atoms with Gasteiger partial charge in [-0.3, -0.25) is 0 Å². The Bertz CT molecular complexity index is 138. The molecule has 64 valence electrons. The summed E-state index contributed by atoms with van der Waals surface area (Å²) in [4.78, 5) is 0. The second kappa shape index (κ2) is 2.73. The van der Waals surface area contributed by atoms with Crippen molar-refractivity contribution in [3.05, 3.63) is 0 Å². The number of hydrogen-bond acceptors (Lipinski definition) is 3. The predicted molar refractivity (Wildman–Crippen MR) is 41.4 cm³/mol. The quantitative estimate of drug-likeness (QED) is 0.515. The summed E-state index contributed by atoms with van der Waals surface area (Å²) in [5.41, 5.74) is 0.220. The van der Waals surface area contributed by atoms with E-state index in [1.165, 1.54) is 0 Å². The van der Waals surface area contributed by atoms with Crippen LogP contribution < -0.4 is 5.32 Å². The molecule has 1 atom stereocenters. The molecule has 2 fully saturated rings. The first-order valence-corrected chi connectivity index (χ1v) is 4.32. The van der Waals surface area contributed by atoms with Gasteiger partial charge in [0.05, 0.1) is 6.10 Å². The number of hydrogen-bond donors (Lipinski definition) is 2. The minimum Gasteiger partial charge on any atom is -0.392 e. The van der Waals surface area contributed by atoms with Crippen LogP contribution in [-0.2, 0) is 4.74 Å². The molecule has 1 spiro atoms. The summed E-state index contributed by atoms with van der Waals surface area (Å²) in [6, 6.07) is 0. The maximum absolute atomic E-state index is 9.34. The molecule has 2 heterocycles. The monoisotopic (exact) mass is 157 g/mol. The number of β-amino-alcohol motifs (C(OH)–C–C–N with tert-alkyl or cyclic N) is 1.